The van der Waals surface area contributed by atoms with Crippen LogP contribution >= 0.6 is 0 Å². The van der Waals surface area contributed by atoms with E-state index < -0.39 is 0 Å². The van der Waals surface area contributed by atoms with Crippen molar-refractivity contribution in [3.05, 3.63) is 23.8 Å². The highest BCUT2D eigenvalue weighted by molar-refractivity contribution is 5.36. The Morgan fingerprint density at radius 2 is 1.94 bits per heavy atom. The van der Waals surface area contributed by atoms with E-state index >= 15 is 0 Å². The van der Waals surface area contributed by atoms with Gasteiger partial charge in [-0.05, 0) is 38.5 Å². The molecule has 0 saturated carbocycles. The van der Waals surface area contributed by atoms with Crippen LogP contribution in [0.5, 0.6) is 11.5 Å². The van der Waals surface area contributed by atoms with Gasteiger partial charge in [-0.25, -0.2) is 0 Å². The summed E-state index contributed by atoms with van der Waals surface area (Å²) in [6.45, 7) is 6.53. The van der Waals surface area contributed by atoms with Gasteiger partial charge in [-0.2, -0.15) is 0 Å². The van der Waals surface area contributed by atoms with E-state index in [-0.39, 0.29) is 11.4 Å². The summed E-state index contributed by atoms with van der Waals surface area (Å²) in [5.41, 5.74) is 0.812. The van der Waals surface area contributed by atoms with Crippen LogP contribution in [-0.2, 0) is 4.74 Å². The monoisotopic (exact) mass is 224 g/mol. The molecule has 3 heteroatoms. The Morgan fingerprint density at radius 3 is 2.50 bits per heavy atom. The Bertz CT molecular complexity index is 325. The topological polar surface area (TPSA) is 38.7 Å². The van der Waals surface area contributed by atoms with Crippen LogP contribution in [-0.4, -0.2) is 24.4 Å². The molecule has 0 unspecified atom stereocenters. The zero-order chi connectivity index (χ0) is 12.2. The number of aromatic hydroxyl groups is 1. The number of phenolic OH excluding ortho intramolecular Hbond substituents is 1. The van der Waals surface area contributed by atoms with Crippen molar-refractivity contribution in [3.8, 4) is 11.5 Å². The zero-order valence-corrected chi connectivity index (χ0v) is 10.4. The lowest BCUT2D eigenvalue weighted by atomic mass is 10.1. The maximum absolute atomic E-state index is 9.39. The lowest BCUT2D eigenvalue weighted by Crippen LogP contribution is -2.25. The minimum Gasteiger partial charge on any atom is -0.508 e. The van der Waals surface area contributed by atoms with E-state index in [4.69, 9.17) is 9.47 Å². The molecule has 0 aliphatic carbocycles. The average Bonchev–Trinajstić information content (AvgIpc) is 2.16. The molecule has 3 nitrogen and oxygen atoms in total. The predicted octanol–water partition coefficient (Wildman–Crippen LogP) is 2.89. The van der Waals surface area contributed by atoms with Crippen molar-refractivity contribution in [1.82, 2.24) is 0 Å². The Morgan fingerprint density at radius 1 is 1.25 bits per heavy atom. The largest absolute Gasteiger partial charge is 0.508 e. The Balaban J connectivity index is 2.49. The van der Waals surface area contributed by atoms with Gasteiger partial charge in [0.2, 0.25) is 0 Å². The number of benzene rings is 1. The molecule has 90 valence electrons. The van der Waals surface area contributed by atoms with Gasteiger partial charge in [0, 0.05) is 19.6 Å². The lowest BCUT2D eigenvalue weighted by Gasteiger charge is -2.22. The summed E-state index contributed by atoms with van der Waals surface area (Å²) in [5.74, 6) is 0.936. The first-order valence-corrected chi connectivity index (χ1v) is 5.41. The molecule has 1 N–H and O–H groups in total. The summed E-state index contributed by atoms with van der Waals surface area (Å²) in [4.78, 5) is 0. The molecule has 0 radical (unpaired) electrons. The summed E-state index contributed by atoms with van der Waals surface area (Å²) >= 11 is 0. The SMILES string of the molecule is COC(C)(C)CCOc1cc(C)cc(O)c1. The Kier molecular flexibility index (Phi) is 4.19. The van der Waals surface area contributed by atoms with Crippen molar-refractivity contribution in [2.45, 2.75) is 32.8 Å². The maximum Gasteiger partial charge on any atom is 0.123 e. The molecule has 0 fully saturated rings. The van der Waals surface area contributed by atoms with Gasteiger partial charge in [-0.3, -0.25) is 0 Å². The van der Waals surface area contributed by atoms with Crippen molar-refractivity contribution in [2.24, 2.45) is 0 Å². The van der Waals surface area contributed by atoms with Crippen molar-refractivity contribution in [1.29, 1.82) is 0 Å². The van der Waals surface area contributed by atoms with Gasteiger partial charge < -0.3 is 14.6 Å². The summed E-state index contributed by atoms with van der Waals surface area (Å²) in [5, 5.41) is 9.39. The van der Waals surface area contributed by atoms with Crippen molar-refractivity contribution < 1.29 is 14.6 Å². The number of ether oxygens (including phenoxy) is 2. The van der Waals surface area contributed by atoms with Gasteiger partial charge >= 0.3 is 0 Å². The first-order chi connectivity index (χ1) is 7.43. The summed E-state index contributed by atoms with van der Waals surface area (Å²) in [6.07, 6.45) is 0.804. The number of hydrogen-bond acceptors (Lipinski definition) is 3. The molecule has 0 aromatic heterocycles. The van der Waals surface area contributed by atoms with Crippen LogP contribution in [0.3, 0.4) is 0 Å². The number of hydrogen-bond donors (Lipinski definition) is 1. The van der Waals surface area contributed by atoms with Crippen LogP contribution < -0.4 is 4.74 Å². The van der Waals surface area contributed by atoms with Gasteiger partial charge in [0.15, 0.2) is 0 Å². The van der Waals surface area contributed by atoms with Crippen molar-refractivity contribution >= 4 is 0 Å². The second kappa shape index (κ2) is 5.21. The van der Waals surface area contributed by atoms with E-state index in [2.05, 4.69) is 0 Å². The molecule has 0 aliphatic rings. The zero-order valence-electron chi connectivity index (χ0n) is 10.4. The van der Waals surface area contributed by atoms with E-state index in [1.54, 1.807) is 19.2 Å². The number of methoxy groups -OCH3 is 1. The fraction of sp³-hybridized carbons (Fsp3) is 0.538. The summed E-state index contributed by atoms with van der Waals surface area (Å²) in [6, 6.07) is 5.22. The average molecular weight is 224 g/mol. The van der Waals surface area contributed by atoms with Crippen LogP contribution in [0.2, 0.25) is 0 Å². The van der Waals surface area contributed by atoms with Crippen molar-refractivity contribution in [2.75, 3.05) is 13.7 Å². The van der Waals surface area contributed by atoms with Gasteiger partial charge in [0.1, 0.15) is 11.5 Å². The molecular weight excluding hydrogens is 204 g/mol. The number of phenols is 1. The van der Waals surface area contributed by atoms with Crippen molar-refractivity contribution in [3.63, 3.8) is 0 Å². The van der Waals surface area contributed by atoms with Crippen LogP contribution in [0, 0.1) is 6.92 Å². The number of aryl methyl sites for hydroxylation is 1. The maximum atomic E-state index is 9.39. The van der Waals surface area contributed by atoms with Crippen LogP contribution in [0.25, 0.3) is 0 Å². The smallest absolute Gasteiger partial charge is 0.123 e. The van der Waals surface area contributed by atoms with Gasteiger partial charge in [0.25, 0.3) is 0 Å². The second-order valence-electron chi connectivity index (χ2n) is 4.57. The van der Waals surface area contributed by atoms with Crippen LogP contribution in [0.4, 0.5) is 0 Å². The highest BCUT2D eigenvalue weighted by Crippen LogP contribution is 2.22. The molecule has 0 atom stereocenters. The molecule has 1 rings (SSSR count). The third-order valence-corrected chi connectivity index (χ3v) is 2.56. The first-order valence-electron chi connectivity index (χ1n) is 5.41. The normalized spacial score (nSPS) is 11.5. The quantitative estimate of drug-likeness (QED) is 0.835. The van der Waals surface area contributed by atoms with Crippen LogP contribution in [0.15, 0.2) is 18.2 Å². The van der Waals surface area contributed by atoms with Gasteiger partial charge in [-0.1, -0.05) is 0 Å². The third-order valence-electron chi connectivity index (χ3n) is 2.56. The highest BCUT2D eigenvalue weighted by atomic mass is 16.5. The molecule has 0 amide bonds. The summed E-state index contributed by atoms with van der Waals surface area (Å²) in [7, 11) is 1.69. The molecule has 0 aliphatic heterocycles. The molecule has 16 heavy (non-hydrogen) atoms. The number of rotatable bonds is 5. The standard InChI is InChI=1S/C13H20O3/c1-10-7-11(14)9-12(8-10)16-6-5-13(2,3)15-4/h7-9,14H,5-6H2,1-4H3. The molecule has 1 aromatic carbocycles. The van der Waals surface area contributed by atoms with E-state index in [0.29, 0.717) is 12.4 Å². The van der Waals surface area contributed by atoms with E-state index in [9.17, 15) is 5.11 Å². The third kappa shape index (κ3) is 4.11. The van der Waals surface area contributed by atoms with Crippen LogP contribution in [0.1, 0.15) is 25.8 Å². The minimum atomic E-state index is -0.175. The highest BCUT2D eigenvalue weighted by Gasteiger charge is 2.15. The lowest BCUT2D eigenvalue weighted by molar-refractivity contribution is 0.00545. The Hall–Kier alpha value is -1.22. The van der Waals surface area contributed by atoms with Gasteiger partial charge in [0.05, 0.1) is 12.2 Å². The molecule has 0 saturated heterocycles. The van der Waals surface area contributed by atoms with Gasteiger partial charge in [-0.15, -0.1) is 0 Å². The fourth-order valence-electron chi connectivity index (χ4n) is 1.33. The molecule has 0 bridgehead atoms. The second-order valence-corrected chi connectivity index (χ2v) is 4.57. The molecule has 0 spiro atoms. The summed E-state index contributed by atoms with van der Waals surface area (Å²) < 4.78 is 10.9. The van der Waals surface area contributed by atoms with E-state index in [1.807, 2.05) is 26.8 Å². The molecule has 0 heterocycles. The predicted molar refractivity (Wildman–Crippen MR) is 64.0 cm³/mol. The Labute approximate surface area is 97.0 Å². The first kappa shape index (κ1) is 12.8. The minimum absolute atomic E-state index is 0.175. The molecule has 1 aromatic rings. The van der Waals surface area contributed by atoms with E-state index in [1.165, 1.54) is 0 Å². The molecular formula is C13H20O3. The van der Waals surface area contributed by atoms with E-state index in [0.717, 1.165) is 12.0 Å². The fourth-order valence-corrected chi connectivity index (χ4v) is 1.33.